The van der Waals surface area contributed by atoms with E-state index in [9.17, 15) is 14.4 Å². The number of hydrogen-bond acceptors (Lipinski definition) is 6. The lowest BCUT2D eigenvalue weighted by molar-refractivity contribution is -0.167. The van der Waals surface area contributed by atoms with Gasteiger partial charge in [0.2, 0.25) is 0 Å². The number of rotatable bonds is 48. The van der Waals surface area contributed by atoms with E-state index >= 15 is 0 Å². The zero-order chi connectivity index (χ0) is 46.5. The van der Waals surface area contributed by atoms with E-state index in [2.05, 4.69) is 93.7 Å². The minimum atomic E-state index is -0.781. The Morgan fingerprint density at radius 2 is 0.609 bits per heavy atom. The number of allylic oxidation sites excluding steroid dienone is 12. The van der Waals surface area contributed by atoms with Crippen LogP contribution in [0, 0.1) is 0 Å². The fraction of sp³-hybridized carbons (Fsp3) is 0.741. The highest BCUT2D eigenvalue weighted by molar-refractivity contribution is 5.71. The maximum atomic E-state index is 12.8. The Kier molecular flexibility index (Phi) is 49.9. The third-order valence-electron chi connectivity index (χ3n) is 11.4. The molecule has 0 N–H and O–H groups in total. The predicted molar refractivity (Wildman–Crippen MR) is 274 cm³/mol. The summed E-state index contributed by atoms with van der Waals surface area (Å²) in [5, 5.41) is 0. The molecule has 0 aromatic carbocycles. The van der Waals surface area contributed by atoms with Crippen LogP contribution in [0.15, 0.2) is 72.9 Å². The predicted octanol–water partition coefficient (Wildman–Crippen LogP) is 17.8. The van der Waals surface area contributed by atoms with Crippen LogP contribution in [0.25, 0.3) is 0 Å². The Morgan fingerprint density at radius 3 is 0.984 bits per heavy atom. The summed E-state index contributed by atoms with van der Waals surface area (Å²) < 4.78 is 16.8. The molecule has 1 atom stereocenters. The van der Waals surface area contributed by atoms with Crippen LogP contribution < -0.4 is 0 Å². The summed E-state index contributed by atoms with van der Waals surface area (Å²) in [5.74, 6) is -0.900. The number of hydrogen-bond donors (Lipinski definition) is 0. The second-order valence-corrected chi connectivity index (χ2v) is 17.8. The van der Waals surface area contributed by atoms with Crippen LogP contribution in [0.1, 0.15) is 258 Å². The molecule has 6 heteroatoms. The SMILES string of the molecule is CC/C=C\C/C=C\C/C=C\C/C=C\CCCCCCCCCCCCC(=O)OCC(COC(=O)CCCCCCCCCC)OC(=O)CCCCCCC/C=C\C/C=C\CCCCC. The highest BCUT2D eigenvalue weighted by Gasteiger charge is 2.19. The lowest BCUT2D eigenvalue weighted by Gasteiger charge is -2.18. The molecule has 368 valence electrons. The monoisotopic (exact) mass is 893 g/mol. The fourth-order valence-corrected chi connectivity index (χ4v) is 7.40. The average Bonchev–Trinajstić information content (AvgIpc) is 3.29. The minimum Gasteiger partial charge on any atom is -0.462 e. The van der Waals surface area contributed by atoms with Crippen LogP contribution in [-0.4, -0.2) is 37.2 Å². The topological polar surface area (TPSA) is 78.9 Å². The van der Waals surface area contributed by atoms with Crippen molar-refractivity contribution in [3.63, 3.8) is 0 Å². The molecular formula is C58H100O6. The van der Waals surface area contributed by atoms with Gasteiger partial charge in [0.05, 0.1) is 0 Å². The average molecular weight is 893 g/mol. The zero-order valence-electron chi connectivity index (χ0n) is 42.0. The van der Waals surface area contributed by atoms with Gasteiger partial charge in [-0.1, -0.05) is 222 Å². The molecule has 0 aromatic heterocycles. The van der Waals surface area contributed by atoms with Gasteiger partial charge in [-0.15, -0.1) is 0 Å². The van der Waals surface area contributed by atoms with E-state index < -0.39 is 6.10 Å². The molecule has 0 aliphatic rings. The fourth-order valence-electron chi connectivity index (χ4n) is 7.40. The van der Waals surface area contributed by atoms with E-state index in [1.807, 2.05) is 0 Å². The molecule has 1 unspecified atom stereocenters. The van der Waals surface area contributed by atoms with Crippen molar-refractivity contribution in [2.75, 3.05) is 13.2 Å². The quantitative estimate of drug-likeness (QED) is 0.0262. The van der Waals surface area contributed by atoms with Gasteiger partial charge in [0.1, 0.15) is 13.2 Å². The third kappa shape index (κ3) is 49.9. The van der Waals surface area contributed by atoms with Crippen molar-refractivity contribution in [3.8, 4) is 0 Å². The molecule has 0 bridgehead atoms. The Morgan fingerprint density at radius 1 is 0.328 bits per heavy atom. The Balaban J connectivity index is 4.25. The molecule has 0 rings (SSSR count). The van der Waals surface area contributed by atoms with Crippen LogP contribution in [0.2, 0.25) is 0 Å². The first-order valence-electron chi connectivity index (χ1n) is 26.9. The van der Waals surface area contributed by atoms with E-state index in [1.165, 1.54) is 109 Å². The van der Waals surface area contributed by atoms with Gasteiger partial charge in [-0.2, -0.15) is 0 Å². The Bertz CT molecular complexity index is 1210. The van der Waals surface area contributed by atoms with Crippen molar-refractivity contribution in [1.29, 1.82) is 0 Å². The van der Waals surface area contributed by atoms with Crippen molar-refractivity contribution < 1.29 is 28.6 Å². The van der Waals surface area contributed by atoms with E-state index in [1.54, 1.807) is 0 Å². The maximum absolute atomic E-state index is 12.8. The van der Waals surface area contributed by atoms with Gasteiger partial charge < -0.3 is 14.2 Å². The van der Waals surface area contributed by atoms with Gasteiger partial charge in [0.15, 0.2) is 6.10 Å². The smallest absolute Gasteiger partial charge is 0.306 e. The number of carbonyl (C=O) groups is 3. The first kappa shape index (κ1) is 60.9. The number of unbranched alkanes of at least 4 members (excludes halogenated alkanes) is 25. The molecule has 0 spiro atoms. The van der Waals surface area contributed by atoms with Crippen molar-refractivity contribution in [2.45, 2.75) is 264 Å². The molecule has 0 aromatic rings. The van der Waals surface area contributed by atoms with Gasteiger partial charge in [-0.25, -0.2) is 0 Å². The van der Waals surface area contributed by atoms with Gasteiger partial charge in [-0.3, -0.25) is 14.4 Å². The van der Waals surface area contributed by atoms with Gasteiger partial charge in [-0.05, 0) is 89.9 Å². The van der Waals surface area contributed by atoms with Crippen LogP contribution >= 0.6 is 0 Å². The second-order valence-electron chi connectivity index (χ2n) is 17.8. The van der Waals surface area contributed by atoms with Gasteiger partial charge in [0.25, 0.3) is 0 Å². The van der Waals surface area contributed by atoms with Gasteiger partial charge >= 0.3 is 17.9 Å². The lowest BCUT2D eigenvalue weighted by Crippen LogP contribution is -2.30. The summed E-state index contributed by atoms with van der Waals surface area (Å²) in [5.41, 5.74) is 0. The van der Waals surface area contributed by atoms with Crippen molar-refractivity contribution in [2.24, 2.45) is 0 Å². The van der Waals surface area contributed by atoms with Crippen LogP contribution in [0.4, 0.5) is 0 Å². The van der Waals surface area contributed by atoms with E-state index in [0.717, 1.165) is 109 Å². The standard InChI is InChI=1S/C58H100O6/c1-4-7-10-13-16-19-21-23-25-26-27-28-29-30-31-32-34-35-37-39-42-45-48-51-57(60)63-54-55(53-62-56(59)50-47-44-41-18-15-12-9-6-3)64-58(61)52-49-46-43-40-38-36-33-24-22-20-17-14-11-8-5-2/h7,10,16-17,19-20,23-25,27-28,33,55H,4-6,8-9,11-15,18,21-22,26,29-32,34-54H2,1-3H3/b10-7-,19-16-,20-17-,25-23-,28-27-,33-24-. The summed E-state index contributed by atoms with van der Waals surface area (Å²) >= 11 is 0. The summed E-state index contributed by atoms with van der Waals surface area (Å²) in [4.78, 5) is 37.9. The van der Waals surface area contributed by atoms with Gasteiger partial charge in [0, 0.05) is 19.3 Å². The Labute approximate surface area is 395 Å². The third-order valence-corrected chi connectivity index (χ3v) is 11.4. The molecule has 0 saturated heterocycles. The van der Waals surface area contributed by atoms with E-state index in [4.69, 9.17) is 14.2 Å². The molecule has 0 aliphatic heterocycles. The number of esters is 3. The lowest BCUT2D eigenvalue weighted by atomic mass is 10.1. The largest absolute Gasteiger partial charge is 0.462 e. The molecular weight excluding hydrogens is 793 g/mol. The molecule has 0 aliphatic carbocycles. The van der Waals surface area contributed by atoms with Crippen LogP contribution in [-0.2, 0) is 28.6 Å². The zero-order valence-corrected chi connectivity index (χ0v) is 42.0. The first-order valence-corrected chi connectivity index (χ1v) is 26.9. The molecule has 0 amide bonds. The summed E-state index contributed by atoms with van der Waals surface area (Å²) in [6, 6.07) is 0. The summed E-state index contributed by atoms with van der Waals surface area (Å²) in [6.45, 7) is 6.46. The molecule has 6 nitrogen and oxygen atoms in total. The highest BCUT2D eigenvalue weighted by atomic mass is 16.6. The normalized spacial score (nSPS) is 12.6. The molecule has 0 heterocycles. The Hall–Kier alpha value is -3.15. The minimum absolute atomic E-state index is 0.0810. The van der Waals surface area contributed by atoms with Crippen LogP contribution in [0.3, 0.4) is 0 Å². The highest BCUT2D eigenvalue weighted by Crippen LogP contribution is 2.15. The molecule has 64 heavy (non-hydrogen) atoms. The maximum Gasteiger partial charge on any atom is 0.306 e. The van der Waals surface area contributed by atoms with Crippen molar-refractivity contribution in [1.82, 2.24) is 0 Å². The molecule has 0 saturated carbocycles. The second kappa shape index (κ2) is 52.5. The first-order chi connectivity index (χ1) is 31.5. The number of carbonyl (C=O) groups excluding carboxylic acids is 3. The summed E-state index contributed by atoms with van der Waals surface area (Å²) in [7, 11) is 0. The number of ether oxygens (including phenoxy) is 3. The van der Waals surface area contributed by atoms with Crippen molar-refractivity contribution >= 4 is 17.9 Å². The molecule has 0 radical (unpaired) electrons. The molecule has 0 fully saturated rings. The van der Waals surface area contributed by atoms with Crippen molar-refractivity contribution in [3.05, 3.63) is 72.9 Å². The van der Waals surface area contributed by atoms with Crippen LogP contribution in [0.5, 0.6) is 0 Å². The van der Waals surface area contributed by atoms with E-state index in [0.29, 0.717) is 19.3 Å². The van der Waals surface area contributed by atoms with E-state index in [-0.39, 0.29) is 31.1 Å². The summed E-state index contributed by atoms with van der Waals surface area (Å²) in [6.07, 6.45) is 66.1.